The van der Waals surface area contributed by atoms with Crippen LogP contribution < -0.4 is 0 Å². The lowest BCUT2D eigenvalue weighted by Gasteiger charge is -2.29. The number of pyridine rings is 1. The SMILES string of the molecule is CN1CCC(=C2c3ccccc3Sc3cccnc32)CC1.O=C(O)CC(=O)O. The van der Waals surface area contributed by atoms with Crippen LogP contribution in [0.25, 0.3) is 5.57 Å². The Balaban J connectivity index is 0.000000279. The minimum Gasteiger partial charge on any atom is -0.481 e. The molecule has 28 heavy (non-hydrogen) atoms. The van der Waals surface area contributed by atoms with Crippen LogP contribution in [-0.2, 0) is 9.59 Å². The first-order chi connectivity index (χ1) is 13.5. The maximum Gasteiger partial charge on any atom is 0.314 e. The molecule has 0 radical (unpaired) electrons. The van der Waals surface area contributed by atoms with Gasteiger partial charge in [-0.15, -0.1) is 0 Å². The van der Waals surface area contributed by atoms with Crippen molar-refractivity contribution >= 4 is 29.3 Å². The van der Waals surface area contributed by atoms with Crippen molar-refractivity contribution in [3.63, 3.8) is 0 Å². The summed E-state index contributed by atoms with van der Waals surface area (Å²) in [5, 5.41) is 15.4. The molecule has 2 aromatic rings. The van der Waals surface area contributed by atoms with Crippen LogP contribution in [0.3, 0.4) is 0 Å². The third kappa shape index (κ3) is 4.79. The van der Waals surface area contributed by atoms with Crippen molar-refractivity contribution in [2.75, 3.05) is 20.1 Å². The van der Waals surface area contributed by atoms with Crippen molar-refractivity contribution in [1.82, 2.24) is 9.88 Å². The molecule has 0 bridgehead atoms. The second-order valence-corrected chi connectivity index (χ2v) is 7.78. The Morgan fingerprint density at radius 2 is 1.68 bits per heavy atom. The number of carbonyl (C=O) groups is 2. The average Bonchev–Trinajstić information content (AvgIpc) is 2.66. The first-order valence-electron chi connectivity index (χ1n) is 9.02. The second-order valence-electron chi connectivity index (χ2n) is 6.69. The summed E-state index contributed by atoms with van der Waals surface area (Å²) in [6.45, 7) is 2.30. The zero-order valence-corrected chi connectivity index (χ0v) is 16.4. The lowest BCUT2D eigenvalue weighted by molar-refractivity contribution is -0.147. The number of piperidine rings is 1. The van der Waals surface area contributed by atoms with E-state index in [-0.39, 0.29) is 0 Å². The van der Waals surface area contributed by atoms with E-state index >= 15 is 0 Å². The van der Waals surface area contributed by atoms with E-state index in [4.69, 9.17) is 15.2 Å². The van der Waals surface area contributed by atoms with E-state index in [0.29, 0.717) is 0 Å². The van der Waals surface area contributed by atoms with Gasteiger partial charge in [0, 0.05) is 34.7 Å². The number of rotatable bonds is 2. The molecule has 1 fully saturated rings. The van der Waals surface area contributed by atoms with Gasteiger partial charge in [0.25, 0.3) is 0 Å². The number of hydrogen-bond donors (Lipinski definition) is 2. The fourth-order valence-corrected chi connectivity index (χ4v) is 4.36. The quantitative estimate of drug-likeness (QED) is 0.637. The molecule has 146 valence electrons. The van der Waals surface area contributed by atoms with Gasteiger partial charge in [0.05, 0.1) is 5.69 Å². The van der Waals surface area contributed by atoms with Gasteiger partial charge in [0.2, 0.25) is 0 Å². The Labute approximate surface area is 167 Å². The van der Waals surface area contributed by atoms with Crippen LogP contribution in [0.4, 0.5) is 0 Å². The van der Waals surface area contributed by atoms with E-state index in [1.807, 2.05) is 24.0 Å². The standard InChI is InChI=1S/C18H18N2S.C3H4O4/c1-20-11-8-13(9-12-20)17-14-5-2-3-6-15(14)21-16-7-4-10-19-18(16)17;4-2(5)1-3(6)7/h2-7,10H,8-9,11-12H2,1H3;1H2,(H,4,5)(H,6,7). The number of likely N-dealkylation sites (tertiary alicyclic amines) is 1. The third-order valence-corrected chi connectivity index (χ3v) is 5.76. The molecule has 1 aromatic carbocycles. The normalized spacial score (nSPS) is 15.8. The minimum absolute atomic E-state index is 0.806. The molecule has 2 aliphatic heterocycles. The van der Waals surface area contributed by atoms with Gasteiger partial charge in [-0.05, 0) is 43.7 Å². The van der Waals surface area contributed by atoms with Crippen molar-refractivity contribution in [2.24, 2.45) is 0 Å². The average molecular weight is 398 g/mol. The lowest BCUT2D eigenvalue weighted by atomic mass is 9.90. The van der Waals surface area contributed by atoms with E-state index in [1.165, 1.54) is 26.6 Å². The maximum atomic E-state index is 9.43. The van der Waals surface area contributed by atoms with E-state index in [0.717, 1.165) is 25.9 Å². The highest BCUT2D eigenvalue weighted by molar-refractivity contribution is 7.99. The Kier molecular flexibility index (Phi) is 6.49. The largest absolute Gasteiger partial charge is 0.481 e. The van der Waals surface area contributed by atoms with E-state index in [9.17, 15) is 9.59 Å². The van der Waals surface area contributed by atoms with Crippen LogP contribution in [0.5, 0.6) is 0 Å². The summed E-state index contributed by atoms with van der Waals surface area (Å²) < 4.78 is 0. The molecule has 0 amide bonds. The van der Waals surface area contributed by atoms with Gasteiger partial charge in [-0.25, -0.2) is 0 Å². The number of nitrogens with zero attached hydrogens (tertiary/aromatic N) is 2. The molecule has 1 aromatic heterocycles. The van der Waals surface area contributed by atoms with Gasteiger partial charge in [-0.2, -0.15) is 0 Å². The molecule has 0 saturated carbocycles. The summed E-state index contributed by atoms with van der Waals surface area (Å²) >= 11 is 1.84. The van der Waals surface area contributed by atoms with Gasteiger partial charge >= 0.3 is 11.9 Å². The topological polar surface area (TPSA) is 90.7 Å². The van der Waals surface area contributed by atoms with E-state index in [1.54, 1.807) is 5.57 Å². The number of carboxylic acid groups (broad SMARTS) is 2. The molecular formula is C21H22N2O4S. The van der Waals surface area contributed by atoms with Gasteiger partial charge in [0.15, 0.2) is 0 Å². The van der Waals surface area contributed by atoms with Crippen molar-refractivity contribution in [2.45, 2.75) is 29.1 Å². The fraction of sp³-hybridized carbons (Fsp3) is 0.286. The number of hydrogen-bond acceptors (Lipinski definition) is 5. The summed E-state index contributed by atoms with van der Waals surface area (Å²) in [5.74, 6) is -2.62. The molecule has 0 atom stereocenters. The highest BCUT2D eigenvalue weighted by atomic mass is 32.2. The molecule has 7 heteroatoms. The highest BCUT2D eigenvalue weighted by Gasteiger charge is 2.25. The lowest BCUT2D eigenvalue weighted by Crippen LogP contribution is -2.27. The van der Waals surface area contributed by atoms with Crippen LogP contribution in [-0.4, -0.2) is 52.2 Å². The van der Waals surface area contributed by atoms with Crippen molar-refractivity contribution < 1.29 is 19.8 Å². The van der Waals surface area contributed by atoms with Gasteiger partial charge in [0.1, 0.15) is 6.42 Å². The monoisotopic (exact) mass is 398 g/mol. The fourth-order valence-electron chi connectivity index (χ4n) is 3.29. The number of aromatic nitrogens is 1. The first kappa shape index (κ1) is 20.1. The molecule has 2 aliphatic rings. The Hall–Kier alpha value is -2.64. The van der Waals surface area contributed by atoms with Crippen LogP contribution in [0.1, 0.15) is 30.5 Å². The number of benzene rings is 1. The number of carboxylic acids is 2. The highest BCUT2D eigenvalue weighted by Crippen LogP contribution is 2.46. The summed E-state index contributed by atoms with van der Waals surface area (Å²) in [4.78, 5) is 28.6. The van der Waals surface area contributed by atoms with E-state index < -0.39 is 18.4 Å². The molecular weight excluding hydrogens is 376 g/mol. The second kappa shape index (κ2) is 9.03. The van der Waals surface area contributed by atoms with Crippen molar-refractivity contribution in [1.29, 1.82) is 0 Å². The molecule has 3 heterocycles. The molecule has 6 nitrogen and oxygen atoms in total. The minimum atomic E-state index is -1.31. The van der Waals surface area contributed by atoms with Crippen LogP contribution >= 0.6 is 11.8 Å². The molecule has 2 N–H and O–H groups in total. The number of aliphatic carboxylic acids is 2. The zero-order valence-electron chi connectivity index (χ0n) is 15.6. The Bertz CT molecular complexity index is 857. The van der Waals surface area contributed by atoms with Crippen LogP contribution in [0.15, 0.2) is 58.0 Å². The summed E-state index contributed by atoms with van der Waals surface area (Å²) in [5.41, 5.74) is 5.52. The predicted octanol–water partition coefficient (Wildman–Crippen LogP) is 3.62. The Morgan fingerprint density at radius 1 is 1.04 bits per heavy atom. The first-order valence-corrected chi connectivity index (χ1v) is 9.84. The molecule has 1 saturated heterocycles. The zero-order chi connectivity index (χ0) is 20.1. The van der Waals surface area contributed by atoms with Crippen molar-refractivity contribution in [3.05, 3.63) is 59.4 Å². The molecule has 4 rings (SSSR count). The Morgan fingerprint density at radius 3 is 2.32 bits per heavy atom. The maximum absolute atomic E-state index is 9.43. The summed E-state index contributed by atoms with van der Waals surface area (Å²) in [6.07, 6.45) is 3.42. The molecule has 0 unspecified atom stereocenters. The predicted molar refractivity (Wildman–Crippen MR) is 107 cm³/mol. The van der Waals surface area contributed by atoms with Crippen LogP contribution in [0.2, 0.25) is 0 Å². The van der Waals surface area contributed by atoms with Gasteiger partial charge in [-0.3, -0.25) is 14.6 Å². The molecule has 0 spiro atoms. The van der Waals surface area contributed by atoms with Gasteiger partial charge < -0.3 is 15.1 Å². The third-order valence-electron chi connectivity index (χ3n) is 4.63. The van der Waals surface area contributed by atoms with Crippen LogP contribution in [0, 0.1) is 0 Å². The summed E-state index contributed by atoms with van der Waals surface area (Å²) in [7, 11) is 2.21. The van der Waals surface area contributed by atoms with Crippen molar-refractivity contribution in [3.8, 4) is 0 Å². The summed E-state index contributed by atoms with van der Waals surface area (Å²) in [6, 6.07) is 13.0. The van der Waals surface area contributed by atoms with Gasteiger partial charge in [-0.1, -0.05) is 35.5 Å². The van der Waals surface area contributed by atoms with E-state index in [2.05, 4.69) is 42.3 Å². The molecule has 0 aliphatic carbocycles. The number of fused-ring (bicyclic) bond motifs is 2. The smallest absolute Gasteiger partial charge is 0.314 e.